The fourth-order valence-electron chi connectivity index (χ4n) is 2.69. The van der Waals surface area contributed by atoms with Crippen LogP contribution in [0.15, 0.2) is 59.6 Å². The molecule has 0 saturated carbocycles. The van der Waals surface area contributed by atoms with Crippen molar-refractivity contribution in [1.82, 2.24) is 3.97 Å². The fourth-order valence-corrected chi connectivity index (χ4v) is 4.52. The molecular weight excluding hydrogens is 374 g/mol. The Hall–Kier alpha value is -2.62. The van der Waals surface area contributed by atoms with Gasteiger partial charge in [-0.05, 0) is 43.2 Å². The van der Waals surface area contributed by atoms with Crippen LogP contribution in [-0.4, -0.2) is 26.2 Å². The maximum atomic E-state index is 13.0. The van der Waals surface area contributed by atoms with Crippen molar-refractivity contribution in [3.8, 4) is 11.5 Å². The van der Waals surface area contributed by atoms with Gasteiger partial charge in [0.15, 0.2) is 0 Å². The fraction of sp³-hybridized carbons (Fsp3) is 0.190. The minimum Gasteiger partial charge on any atom is -0.279 e. The summed E-state index contributed by atoms with van der Waals surface area (Å²) < 4.78 is 27.2. The van der Waals surface area contributed by atoms with Gasteiger partial charge in [0.2, 0.25) is 5.78 Å². The van der Waals surface area contributed by atoms with Crippen LogP contribution in [0, 0.1) is 18.4 Å². The van der Waals surface area contributed by atoms with Gasteiger partial charge in [-0.3, -0.25) is 4.79 Å². The van der Waals surface area contributed by atoms with Crippen LogP contribution in [0.5, 0.6) is 0 Å². The molecule has 6 heteroatoms. The van der Waals surface area contributed by atoms with Gasteiger partial charge in [-0.15, -0.1) is 5.54 Å². The summed E-state index contributed by atoms with van der Waals surface area (Å²) in [5, 5.41) is 0.586. The predicted octanol–water partition coefficient (Wildman–Crippen LogP) is 4.25. The lowest BCUT2D eigenvalue weighted by Gasteiger charge is -2.08. The van der Waals surface area contributed by atoms with Gasteiger partial charge in [0, 0.05) is 17.1 Å². The van der Waals surface area contributed by atoms with Gasteiger partial charge >= 0.3 is 0 Å². The zero-order valence-corrected chi connectivity index (χ0v) is 17.6. The van der Waals surface area contributed by atoms with E-state index >= 15 is 0 Å². The average Bonchev–Trinajstić information content (AvgIpc) is 3.04. The molecule has 0 fully saturated rings. The van der Waals surface area contributed by atoms with Crippen LogP contribution < -0.4 is 0 Å². The third-order valence-corrected chi connectivity index (χ3v) is 6.65. The number of ketones is 1. The predicted molar refractivity (Wildman–Crippen MR) is 111 cm³/mol. The summed E-state index contributed by atoms with van der Waals surface area (Å²) in [4.78, 5) is 12.8. The summed E-state index contributed by atoms with van der Waals surface area (Å²) in [6, 6.07) is 13.4. The van der Waals surface area contributed by atoms with E-state index in [0.717, 1.165) is 5.56 Å². The molecule has 0 atom stereocenters. The van der Waals surface area contributed by atoms with E-state index < -0.39 is 18.1 Å². The minimum atomic E-state index is -3.74. The second-order valence-corrected chi connectivity index (χ2v) is 14.1. The van der Waals surface area contributed by atoms with Crippen LogP contribution in [0.25, 0.3) is 10.9 Å². The highest BCUT2D eigenvalue weighted by Gasteiger charge is 2.20. The molecule has 1 aromatic heterocycles. The van der Waals surface area contributed by atoms with Gasteiger partial charge in [0.05, 0.1) is 10.4 Å². The Labute approximate surface area is 160 Å². The van der Waals surface area contributed by atoms with Crippen LogP contribution in [-0.2, 0) is 10.0 Å². The van der Waals surface area contributed by atoms with Crippen molar-refractivity contribution >= 4 is 34.8 Å². The molecule has 3 rings (SSSR count). The molecule has 2 aromatic carbocycles. The smallest absolute Gasteiger partial charge is 0.268 e. The number of hydrogen-bond donors (Lipinski definition) is 0. The van der Waals surface area contributed by atoms with Gasteiger partial charge < -0.3 is 0 Å². The summed E-state index contributed by atoms with van der Waals surface area (Å²) in [5.41, 5.74) is 4.95. The summed E-state index contributed by atoms with van der Waals surface area (Å²) >= 11 is 0. The Balaban J connectivity index is 2.12. The number of carbonyl (C=O) groups excluding carboxylic acids is 1. The monoisotopic (exact) mass is 395 g/mol. The van der Waals surface area contributed by atoms with Crippen molar-refractivity contribution in [1.29, 1.82) is 0 Å². The van der Waals surface area contributed by atoms with Gasteiger partial charge in [0.25, 0.3) is 10.0 Å². The quantitative estimate of drug-likeness (QED) is 0.378. The molecular formula is C21H21NO3SSi. The van der Waals surface area contributed by atoms with E-state index in [4.69, 9.17) is 0 Å². The van der Waals surface area contributed by atoms with E-state index in [-0.39, 0.29) is 10.7 Å². The van der Waals surface area contributed by atoms with Crippen LogP contribution in [0.2, 0.25) is 19.6 Å². The van der Waals surface area contributed by atoms with E-state index in [1.807, 2.05) is 6.92 Å². The SMILES string of the molecule is Cc1ccc(S(=O)(=O)n2ccc3c(C(=O)C#C[Si](C)(C)C)cccc32)cc1. The highest BCUT2D eigenvalue weighted by Crippen LogP contribution is 2.25. The van der Waals surface area contributed by atoms with Crippen molar-refractivity contribution in [2.75, 3.05) is 0 Å². The van der Waals surface area contributed by atoms with Crippen LogP contribution in [0.4, 0.5) is 0 Å². The highest BCUT2D eigenvalue weighted by molar-refractivity contribution is 7.90. The largest absolute Gasteiger partial charge is 0.279 e. The number of Topliss-reactive ketones (excluding diaryl/α,β-unsaturated/α-hetero) is 1. The van der Waals surface area contributed by atoms with Crippen molar-refractivity contribution < 1.29 is 13.2 Å². The Morgan fingerprint density at radius 2 is 1.67 bits per heavy atom. The third-order valence-electron chi connectivity index (χ3n) is 4.07. The molecule has 3 aromatic rings. The molecule has 0 spiro atoms. The van der Waals surface area contributed by atoms with Crippen LogP contribution in [0.1, 0.15) is 15.9 Å². The first-order valence-electron chi connectivity index (χ1n) is 8.59. The lowest BCUT2D eigenvalue weighted by Crippen LogP contribution is -2.17. The second kappa shape index (κ2) is 6.84. The van der Waals surface area contributed by atoms with Crippen molar-refractivity contribution in [3.05, 3.63) is 65.9 Å². The molecule has 0 aliphatic rings. The van der Waals surface area contributed by atoms with Gasteiger partial charge in [-0.1, -0.05) is 43.4 Å². The zero-order valence-electron chi connectivity index (χ0n) is 15.8. The van der Waals surface area contributed by atoms with E-state index in [2.05, 4.69) is 31.1 Å². The molecule has 0 unspecified atom stereocenters. The Kier molecular flexibility index (Phi) is 4.85. The molecule has 0 aliphatic carbocycles. The molecule has 0 saturated heterocycles. The first kappa shape index (κ1) is 19.1. The van der Waals surface area contributed by atoms with E-state index in [1.165, 1.54) is 10.2 Å². The number of benzene rings is 2. The van der Waals surface area contributed by atoms with E-state index in [1.54, 1.807) is 48.5 Å². The van der Waals surface area contributed by atoms with Crippen molar-refractivity contribution in [2.45, 2.75) is 31.5 Å². The van der Waals surface area contributed by atoms with E-state index in [0.29, 0.717) is 16.5 Å². The molecule has 0 amide bonds. The van der Waals surface area contributed by atoms with Crippen molar-refractivity contribution in [2.24, 2.45) is 0 Å². The molecule has 0 radical (unpaired) electrons. The topological polar surface area (TPSA) is 56.1 Å². The Bertz CT molecular complexity index is 1190. The summed E-state index contributed by atoms with van der Waals surface area (Å²) in [7, 11) is -5.42. The van der Waals surface area contributed by atoms with Crippen molar-refractivity contribution in [3.63, 3.8) is 0 Å². The number of carbonyl (C=O) groups is 1. The maximum absolute atomic E-state index is 13.0. The Morgan fingerprint density at radius 3 is 2.30 bits per heavy atom. The second-order valence-electron chi connectivity index (χ2n) is 7.50. The Morgan fingerprint density at radius 1 is 1.00 bits per heavy atom. The number of hydrogen-bond acceptors (Lipinski definition) is 3. The highest BCUT2D eigenvalue weighted by atomic mass is 32.2. The van der Waals surface area contributed by atoms with Crippen LogP contribution >= 0.6 is 0 Å². The average molecular weight is 396 g/mol. The number of rotatable bonds is 3. The number of nitrogens with zero attached hydrogens (tertiary/aromatic N) is 1. The molecule has 1 heterocycles. The zero-order chi connectivity index (χ0) is 19.8. The van der Waals surface area contributed by atoms with Gasteiger partial charge in [0.1, 0.15) is 8.07 Å². The molecule has 0 N–H and O–H groups in total. The number of aromatic nitrogens is 1. The minimum absolute atomic E-state index is 0.209. The molecule has 138 valence electrons. The molecule has 0 aliphatic heterocycles. The number of fused-ring (bicyclic) bond motifs is 1. The lowest BCUT2D eigenvalue weighted by atomic mass is 10.1. The molecule has 4 nitrogen and oxygen atoms in total. The van der Waals surface area contributed by atoms with Crippen LogP contribution in [0.3, 0.4) is 0 Å². The first-order valence-corrected chi connectivity index (χ1v) is 13.5. The molecule has 0 bridgehead atoms. The summed E-state index contributed by atoms with van der Waals surface area (Å²) in [5.74, 6) is 2.45. The third kappa shape index (κ3) is 3.89. The van der Waals surface area contributed by atoms with Gasteiger partial charge in [-0.25, -0.2) is 12.4 Å². The normalized spacial score (nSPS) is 11.9. The van der Waals surface area contributed by atoms with Gasteiger partial charge in [-0.2, -0.15) is 0 Å². The maximum Gasteiger partial charge on any atom is 0.268 e. The molecule has 27 heavy (non-hydrogen) atoms. The standard InChI is InChI=1S/C21H21NO3SSi/c1-16-8-10-17(11-9-16)26(24,25)22-14-12-18-19(6-5-7-20(18)22)21(23)13-15-27(2,3)4/h5-12,14H,1-4H3. The first-order chi connectivity index (χ1) is 12.6. The lowest BCUT2D eigenvalue weighted by molar-refractivity contribution is 0.105. The summed E-state index contributed by atoms with van der Waals surface area (Å²) in [6.45, 7) is 8.11. The summed E-state index contributed by atoms with van der Waals surface area (Å²) in [6.07, 6.45) is 1.49. The van der Waals surface area contributed by atoms with E-state index in [9.17, 15) is 13.2 Å². The number of aryl methyl sites for hydroxylation is 1.